The Balaban J connectivity index is 1.83. The van der Waals surface area contributed by atoms with Gasteiger partial charge in [-0.15, -0.1) is 11.8 Å². The summed E-state index contributed by atoms with van der Waals surface area (Å²) < 4.78 is 0. The maximum atomic E-state index is 12.8. The number of rotatable bonds is 5. The fourth-order valence-electron chi connectivity index (χ4n) is 3.17. The van der Waals surface area contributed by atoms with Gasteiger partial charge in [0.2, 0.25) is 11.8 Å². The number of thioether (sulfide) groups is 1. The Bertz CT molecular complexity index is 898. The highest BCUT2D eigenvalue weighted by Crippen LogP contribution is 2.34. The van der Waals surface area contributed by atoms with Crippen LogP contribution in [0.2, 0.25) is 5.02 Å². The number of fused-ring (bicyclic) bond motifs is 1. The van der Waals surface area contributed by atoms with E-state index in [2.05, 4.69) is 12.2 Å². The molecule has 4 nitrogen and oxygen atoms in total. The minimum absolute atomic E-state index is 0.0939. The summed E-state index contributed by atoms with van der Waals surface area (Å²) in [6.07, 6.45) is 3.82. The van der Waals surface area contributed by atoms with Gasteiger partial charge in [-0.2, -0.15) is 0 Å². The van der Waals surface area contributed by atoms with Gasteiger partial charge >= 0.3 is 0 Å². The summed E-state index contributed by atoms with van der Waals surface area (Å²) in [5.74, 6) is 0.642. The topological polar surface area (TPSA) is 49.4 Å². The molecule has 0 aromatic heterocycles. The van der Waals surface area contributed by atoms with E-state index in [1.165, 1.54) is 6.92 Å². The van der Waals surface area contributed by atoms with Crippen molar-refractivity contribution in [1.82, 2.24) is 4.90 Å². The highest BCUT2D eigenvalue weighted by molar-refractivity contribution is 7.99. The molecule has 0 fully saturated rings. The third-order valence-electron chi connectivity index (χ3n) is 4.36. The van der Waals surface area contributed by atoms with Crippen LogP contribution < -0.4 is 5.32 Å². The molecule has 1 atom stereocenters. The molecule has 2 amide bonds. The average molecular weight is 401 g/mol. The molecule has 0 bridgehead atoms. The van der Waals surface area contributed by atoms with Crippen LogP contribution in [0, 0.1) is 0 Å². The van der Waals surface area contributed by atoms with Crippen LogP contribution in [-0.2, 0) is 9.59 Å². The van der Waals surface area contributed by atoms with E-state index in [4.69, 9.17) is 11.6 Å². The minimum atomic E-state index is -0.329. The second-order valence-electron chi connectivity index (χ2n) is 6.21. The van der Waals surface area contributed by atoms with E-state index in [0.717, 1.165) is 21.8 Å². The normalized spacial score (nSPS) is 15.4. The Morgan fingerprint density at radius 3 is 2.74 bits per heavy atom. The highest BCUT2D eigenvalue weighted by atomic mass is 35.5. The van der Waals surface area contributed by atoms with Crippen LogP contribution in [0.3, 0.4) is 0 Å². The maximum Gasteiger partial charge on any atom is 0.226 e. The quantitative estimate of drug-likeness (QED) is 0.688. The van der Waals surface area contributed by atoms with E-state index in [9.17, 15) is 9.59 Å². The first-order valence-corrected chi connectivity index (χ1v) is 10.1. The molecule has 1 heterocycles. The highest BCUT2D eigenvalue weighted by Gasteiger charge is 2.28. The van der Waals surface area contributed by atoms with Gasteiger partial charge in [0.25, 0.3) is 0 Å². The van der Waals surface area contributed by atoms with Crippen LogP contribution >= 0.6 is 23.4 Å². The molecule has 1 aliphatic rings. The van der Waals surface area contributed by atoms with Crippen molar-refractivity contribution in [1.29, 1.82) is 0 Å². The van der Waals surface area contributed by atoms with Crippen molar-refractivity contribution in [2.45, 2.75) is 31.2 Å². The zero-order chi connectivity index (χ0) is 19.4. The number of hydrogen-bond acceptors (Lipinski definition) is 3. The molecule has 3 rings (SSSR count). The van der Waals surface area contributed by atoms with Crippen LogP contribution in [0.15, 0.2) is 53.6 Å². The molecule has 2 aromatic carbocycles. The lowest BCUT2D eigenvalue weighted by Crippen LogP contribution is -2.33. The molecule has 27 heavy (non-hydrogen) atoms. The largest absolute Gasteiger partial charge is 0.325 e. The maximum absolute atomic E-state index is 12.8. The Morgan fingerprint density at radius 2 is 2.00 bits per heavy atom. The zero-order valence-corrected chi connectivity index (χ0v) is 16.8. The molecule has 2 aromatic rings. The van der Waals surface area contributed by atoms with Crippen molar-refractivity contribution in [2.24, 2.45) is 0 Å². The van der Waals surface area contributed by atoms with Gasteiger partial charge in [0, 0.05) is 23.0 Å². The molecule has 0 aliphatic carbocycles. The molecule has 6 heteroatoms. The first kappa shape index (κ1) is 19.5. The Kier molecular flexibility index (Phi) is 6.24. The lowest BCUT2D eigenvalue weighted by molar-refractivity contribution is -0.129. The van der Waals surface area contributed by atoms with E-state index < -0.39 is 0 Å². The number of nitrogens with one attached hydrogen (secondary N) is 1. The van der Waals surface area contributed by atoms with Gasteiger partial charge in [0.05, 0.1) is 18.2 Å². The van der Waals surface area contributed by atoms with E-state index >= 15 is 0 Å². The van der Waals surface area contributed by atoms with Crippen LogP contribution in [0.1, 0.15) is 37.4 Å². The van der Waals surface area contributed by atoms with Gasteiger partial charge < -0.3 is 10.2 Å². The number of benzene rings is 2. The van der Waals surface area contributed by atoms with Crippen molar-refractivity contribution < 1.29 is 9.59 Å². The molecule has 0 saturated carbocycles. The minimum Gasteiger partial charge on any atom is -0.325 e. The van der Waals surface area contributed by atoms with Gasteiger partial charge in [-0.1, -0.05) is 42.8 Å². The standard InChI is InChI=1S/C21H21ClN2O2S/c1-3-27-20-9-8-16(22)12-18(20)23-21(26)13-19-17-7-5-4-6-15(17)10-11-24(19)14(2)25/h4-12,19H,3,13H2,1-2H3,(H,23,26). The van der Waals surface area contributed by atoms with E-state index in [0.29, 0.717) is 10.7 Å². The molecular weight excluding hydrogens is 380 g/mol. The van der Waals surface area contributed by atoms with Crippen LogP contribution in [-0.4, -0.2) is 22.5 Å². The molecule has 0 saturated heterocycles. The average Bonchev–Trinajstić information content (AvgIpc) is 2.64. The van der Waals surface area contributed by atoms with Gasteiger partial charge in [0.15, 0.2) is 0 Å². The Hall–Kier alpha value is -2.24. The van der Waals surface area contributed by atoms with Gasteiger partial charge in [0.1, 0.15) is 0 Å². The van der Waals surface area contributed by atoms with E-state index in [1.54, 1.807) is 28.9 Å². The number of carbonyl (C=O) groups excluding carboxylic acids is 2. The summed E-state index contributed by atoms with van der Waals surface area (Å²) in [6.45, 7) is 3.57. The molecule has 0 spiro atoms. The SMILES string of the molecule is CCSc1ccc(Cl)cc1NC(=O)CC1c2ccccc2C=CN1C(C)=O. The Labute approximate surface area is 168 Å². The monoisotopic (exact) mass is 400 g/mol. The summed E-state index contributed by atoms with van der Waals surface area (Å²) in [5.41, 5.74) is 2.70. The molecule has 1 N–H and O–H groups in total. The summed E-state index contributed by atoms with van der Waals surface area (Å²) in [4.78, 5) is 27.5. The number of anilines is 1. The van der Waals surface area contributed by atoms with Gasteiger partial charge in [-0.05, 0) is 41.2 Å². The first-order chi connectivity index (χ1) is 13.0. The van der Waals surface area contributed by atoms with Crippen molar-refractivity contribution in [3.63, 3.8) is 0 Å². The van der Waals surface area contributed by atoms with Crippen LogP contribution in [0.5, 0.6) is 0 Å². The zero-order valence-electron chi connectivity index (χ0n) is 15.2. The molecule has 1 aliphatic heterocycles. The van der Waals surface area contributed by atoms with Crippen molar-refractivity contribution in [3.8, 4) is 0 Å². The lowest BCUT2D eigenvalue weighted by atomic mass is 9.93. The van der Waals surface area contributed by atoms with Crippen molar-refractivity contribution in [3.05, 3.63) is 64.8 Å². The third-order valence-corrected chi connectivity index (χ3v) is 5.55. The second-order valence-corrected chi connectivity index (χ2v) is 7.95. The summed E-state index contributed by atoms with van der Waals surface area (Å²) in [6, 6.07) is 13.0. The summed E-state index contributed by atoms with van der Waals surface area (Å²) in [7, 11) is 0. The lowest BCUT2D eigenvalue weighted by Gasteiger charge is -2.32. The number of carbonyl (C=O) groups is 2. The number of amides is 2. The van der Waals surface area contributed by atoms with Crippen LogP contribution in [0.4, 0.5) is 5.69 Å². The van der Waals surface area contributed by atoms with Gasteiger partial charge in [-0.25, -0.2) is 0 Å². The fourth-order valence-corrected chi connectivity index (χ4v) is 4.08. The van der Waals surface area contributed by atoms with Crippen LogP contribution in [0.25, 0.3) is 6.08 Å². The van der Waals surface area contributed by atoms with E-state index in [-0.39, 0.29) is 24.3 Å². The molecule has 140 valence electrons. The third kappa shape index (κ3) is 4.54. The number of nitrogens with zero attached hydrogens (tertiary/aromatic N) is 1. The summed E-state index contributed by atoms with van der Waals surface area (Å²) >= 11 is 7.75. The predicted molar refractivity (Wildman–Crippen MR) is 112 cm³/mol. The molecule has 0 radical (unpaired) electrons. The number of halogens is 1. The Morgan fingerprint density at radius 1 is 1.22 bits per heavy atom. The van der Waals surface area contributed by atoms with E-state index in [1.807, 2.05) is 42.5 Å². The smallest absolute Gasteiger partial charge is 0.226 e. The predicted octanol–water partition coefficient (Wildman–Crippen LogP) is 5.35. The summed E-state index contributed by atoms with van der Waals surface area (Å²) in [5, 5.41) is 3.54. The van der Waals surface area contributed by atoms with Crippen molar-refractivity contribution >= 4 is 46.9 Å². The van der Waals surface area contributed by atoms with Crippen molar-refractivity contribution in [2.75, 3.05) is 11.1 Å². The number of hydrogen-bond donors (Lipinski definition) is 1. The van der Waals surface area contributed by atoms with Gasteiger partial charge in [-0.3, -0.25) is 9.59 Å². The molecular formula is C21H21ClN2O2S. The molecule has 1 unspecified atom stereocenters. The first-order valence-electron chi connectivity index (χ1n) is 8.78. The fraction of sp³-hybridized carbons (Fsp3) is 0.238. The second kappa shape index (κ2) is 8.63.